The highest BCUT2D eigenvalue weighted by Gasteiger charge is 2.48. The highest BCUT2D eigenvalue weighted by atomic mass is 16.6. The van der Waals surface area contributed by atoms with Crippen LogP contribution in [0.2, 0.25) is 0 Å². The highest BCUT2D eigenvalue weighted by molar-refractivity contribution is 5.79. The van der Waals surface area contributed by atoms with E-state index in [0.29, 0.717) is 6.54 Å². The van der Waals surface area contributed by atoms with Gasteiger partial charge in [-0.15, -0.1) is 0 Å². The van der Waals surface area contributed by atoms with Gasteiger partial charge in [-0.25, -0.2) is 9.78 Å². The Kier molecular flexibility index (Phi) is 3.13. The second-order valence-corrected chi connectivity index (χ2v) is 6.95. The van der Waals surface area contributed by atoms with Crippen molar-refractivity contribution in [2.75, 3.05) is 26.7 Å². The largest absolute Gasteiger partial charge is 0.439 e. The predicted molar refractivity (Wildman–Crippen MR) is 87.3 cm³/mol. The number of nitrogens with zero attached hydrogens (tertiary/aromatic N) is 3. The van der Waals surface area contributed by atoms with E-state index in [2.05, 4.69) is 35.9 Å². The quantitative estimate of drug-likeness (QED) is 0.923. The molecule has 0 bridgehead atoms. The van der Waals surface area contributed by atoms with Crippen LogP contribution < -0.4 is 0 Å². The molecule has 1 unspecified atom stereocenters. The second kappa shape index (κ2) is 4.96. The maximum atomic E-state index is 11.7. The summed E-state index contributed by atoms with van der Waals surface area (Å²) in [5.74, 6) is 0.975. The van der Waals surface area contributed by atoms with Crippen LogP contribution in [-0.2, 0) is 11.3 Å². The van der Waals surface area contributed by atoms with Gasteiger partial charge in [-0.3, -0.25) is 4.90 Å². The van der Waals surface area contributed by atoms with Gasteiger partial charge in [-0.2, -0.15) is 0 Å². The first-order valence-electron chi connectivity index (χ1n) is 8.07. The number of ether oxygens (including phenoxy) is 1. The van der Waals surface area contributed by atoms with Crippen LogP contribution in [0.3, 0.4) is 0 Å². The van der Waals surface area contributed by atoms with Crippen LogP contribution in [0.5, 0.6) is 0 Å². The van der Waals surface area contributed by atoms with E-state index >= 15 is 0 Å². The average Bonchev–Trinajstić information content (AvgIpc) is 3.15. The molecule has 1 aromatic heterocycles. The molecule has 1 atom stereocenters. The molecule has 1 aromatic carbocycles. The number of aryl methyl sites for hydroxylation is 2. The van der Waals surface area contributed by atoms with Crippen LogP contribution >= 0.6 is 0 Å². The number of H-pyrrole nitrogens is 1. The van der Waals surface area contributed by atoms with Crippen molar-refractivity contribution in [3.63, 3.8) is 0 Å². The Morgan fingerprint density at radius 2 is 2.17 bits per heavy atom. The number of amides is 1. The van der Waals surface area contributed by atoms with Crippen molar-refractivity contribution in [1.82, 2.24) is 19.8 Å². The van der Waals surface area contributed by atoms with Crippen molar-refractivity contribution in [1.29, 1.82) is 0 Å². The van der Waals surface area contributed by atoms with E-state index in [1.807, 2.05) is 0 Å². The van der Waals surface area contributed by atoms with E-state index in [-0.39, 0.29) is 11.7 Å². The first-order chi connectivity index (χ1) is 11.0. The molecule has 23 heavy (non-hydrogen) atoms. The van der Waals surface area contributed by atoms with Crippen LogP contribution in [0, 0.1) is 13.8 Å². The average molecular weight is 314 g/mol. The summed E-state index contributed by atoms with van der Waals surface area (Å²) >= 11 is 0. The zero-order chi connectivity index (χ0) is 16.2. The lowest BCUT2D eigenvalue weighted by Gasteiger charge is -2.21. The van der Waals surface area contributed by atoms with Gasteiger partial charge in [-0.1, -0.05) is 6.07 Å². The van der Waals surface area contributed by atoms with Crippen LogP contribution in [0.25, 0.3) is 11.0 Å². The van der Waals surface area contributed by atoms with Gasteiger partial charge in [0.25, 0.3) is 0 Å². The molecular formula is C17H22N4O2. The summed E-state index contributed by atoms with van der Waals surface area (Å²) in [5.41, 5.74) is 4.31. The molecule has 1 spiro atoms. The van der Waals surface area contributed by atoms with Gasteiger partial charge in [0.15, 0.2) is 0 Å². The molecule has 3 heterocycles. The molecule has 6 heteroatoms. The molecule has 0 radical (unpaired) electrons. The molecule has 0 saturated carbocycles. The van der Waals surface area contributed by atoms with Crippen LogP contribution in [0.4, 0.5) is 4.79 Å². The summed E-state index contributed by atoms with van der Waals surface area (Å²) in [6.45, 7) is 7.37. The zero-order valence-electron chi connectivity index (χ0n) is 13.8. The number of carbonyl (C=O) groups excluding carboxylic acids is 1. The molecule has 2 fully saturated rings. The molecule has 4 rings (SSSR count). The monoisotopic (exact) mass is 314 g/mol. The van der Waals surface area contributed by atoms with Gasteiger partial charge in [0, 0.05) is 26.6 Å². The molecule has 2 aliphatic rings. The van der Waals surface area contributed by atoms with Gasteiger partial charge in [0.05, 0.1) is 24.1 Å². The number of likely N-dealkylation sites (N-methyl/N-ethyl adjacent to an activating group) is 1. The summed E-state index contributed by atoms with van der Waals surface area (Å²) in [7, 11) is 1.80. The fourth-order valence-electron chi connectivity index (χ4n) is 3.72. The Bertz CT molecular complexity index is 784. The van der Waals surface area contributed by atoms with E-state index < -0.39 is 0 Å². The van der Waals surface area contributed by atoms with Crippen molar-refractivity contribution < 1.29 is 9.53 Å². The van der Waals surface area contributed by atoms with E-state index in [4.69, 9.17) is 9.72 Å². The highest BCUT2D eigenvalue weighted by Crippen LogP contribution is 2.32. The standard InChI is InChI=1S/C17H22N4O2/c1-11-4-5-13-15(12(11)2)19-14(18-13)8-21-7-6-17(10-21)9-20(3)16(22)23-17/h4-5H,6-10H2,1-3H3,(H,18,19). The fraction of sp³-hybridized carbons (Fsp3) is 0.529. The van der Waals surface area contributed by atoms with E-state index in [1.54, 1.807) is 11.9 Å². The van der Waals surface area contributed by atoms with E-state index in [0.717, 1.165) is 42.9 Å². The minimum Gasteiger partial charge on any atom is -0.439 e. The molecule has 2 saturated heterocycles. The Hall–Kier alpha value is -2.08. The molecule has 2 aliphatic heterocycles. The van der Waals surface area contributed by atoms with Crippen LogP contribution in [-0.4, -0.2) is 58.1 Å². The number of aromatic nitrogens is 2. The number of imidazole rings is 1. The van der Waals surface area contributed by atoms with Gasteiger partial charge in [-0.05, 0) is 31.0 Å². The first kappa shape index (κ1) is 14.5. The van der Waals surface area contributed by atoms with Gasteiger partial charge in [0.1, 0.15) is 11.4 Å². The summed E-state index contributed by atoms with van der Waals surface area (Å²) in [6, 6.07) is 4.21. The number of carbonyl (C=O) groups is 1. The SMILES string of the molecule is Cc1ccc2[nH]c(CN3CCC4(C3)CN(C)C(=O)O4)nc2c1C. The lowest BCUT2D eigenvalue weighted by atomic mass is 10.0. The third-order valence-electron chi connectivity index (χ3n) is 5.14. The lowest BCUT2D eigenvalue weighted by Crippen LogP contribution is -2.37. The van der Waals surface area contributed by atoms with Gasteiger partial charge >= 0.3 is 6.09 Å². The van der Waals surface area contributed by atoms with E-state index in [9.17, 15) is 4.79 Å². The molecular weight excluding hydrogens is 292 g/mol. The Morgan fingerprint density at radius 1 is 1.35 bits per heavy atom. The summed E-state index contributed by atoms with van der Waals surface area (Å²) < 4.78 is 5.60. The molecule has 2 aromatic rings. The Balaban J connectivity index is 1.51. The third kappa shape index (κ3) is 2.37. The molecule has 122 valence electrons. The van der Waals surface area contributed by atoms with Crippen LogP contribution in [0.15, 0.2) is 12.1 Å². The van der Waals surface area contributed by atoms with Gasteiger partial charge < -0.3 is 14.6 Å². The minimum absolute atomic E-state index is 0.207. The number of nitrogens with one attached hydrogen (secondary N) is 1. The smallest absolute Gasteiger partial charge is 0.410 e. The molecule has 0 aliphatic carbocycles. The topological polar surface area (TPSA) is 61.5 Å². The second-order valence-electron chi connectivity index (χ2n) is 6.95. The summed E-state index contributed by atoms with van der Waals surface area (Å²) in [4.78, 5) is 23.8. The lowest BCUT2D eigenvalue weighted by molar-refractivity contribution is 0.0625. The zero-order valence-corrected chi connectivity index (χ0v) is 13.8. The normalized spacial score (nSPS) is 25.0. The van der Waals surface area contributed by atoms with Crippen LogP contribution in [0.1, 0.15) is 23.4 Å². The van der Waals surface area contributed by atoms with Crippen molar-refractivity contribution in [2.24, 2.45) is 0 Å². The third-order valence-corrected chi connectivity index (χ3v) is 5.14. The molecule has 1 N–H and O–H groups in total. The number of benzene rings is 1. The summed E-state index contributed by atoms with van der Waals surface area (Å²) in [5, 5.41) is 0. The number of fused-ring (bicyclic) bond motifs is 1. The minimum atomic E-state index is -0.329. The molecule has 1 amide bonds. The number of hydrogen-bond donors (Lipinski definition) is 1. The fourth-order valence-corrected chi connectivity index (χ4v) is 3.72. The van der Waals surface area contributed by atoms with Crippen molar-refractivity contribution in [2.45, 2.75) is 32.4 Å². The Labute approximate surface area is 135 Å². The van der Waals surface area contributed by atoms with Crippen molar-refractivity contribution >= 4 is 17.1 Å². The Morgan fingerprint density at radius 3 is 2.91 bits per heavy atom. The number of rotatable bonds is 2. The maximum Gasteiger partial charge on any atom is 0.410 e. The van der Waals surface area contributed by atoms with Crippen molar-refractivity contribution in [3.05, 3.63) is 29.1 Å². The number of aromatic amines is 1. The predicted octanol–water partition coefficient (Wildman–Crippen LogP) is 2.21. The summed E-state index contributed by atoms with van der Waals surface area (Å²) in [6.07, 6.45) is 0.684. The van der Waals surface area contributed by atoms with E-state index in [1.165, 1.54) is 11.1 Å². The molecule has 6 nitrogen and oxygen atoms in total. The number of likely N-dealkylation sites (tertiary alicyclic amines) is 1. The number of hydrogen-bond acceptors (Lipinski definition) is 4. The first-order valence-corrected chi connectivity index (χ1v) is 8.07. The maximum absolute atomic E-state index is 11.7. The van der Waals surface area contributed by atoms with Crippen molar-refractivity contribution in [3.8, 4) is 0 Å². The van der Waals surface area contributed by atoms with Gasteiger partial charge in [0.2, 0.25) is 0 Å².